The number of halogens is 1. The summed E-state index contributed by atoms with van der Waals surface area (Å²) in [5.74, 6) is 0.536. The molecule has 0 amide bonds. The minimum atomic E-state index is -1.45. The van der Waals surface area contributed by atoms with Gasteiger partial charge in [0, 0.05) is 22.9 Å². The molecule has 0 bridgehead atoms. The van der Waals surface area contributed by atoms with Crippen LogP contribution in [0, 0.1) is 13.8 Å². The highest BCUT2D eigenvalue weighted by atomic mass is 19.1. The van der Waals surface area contributed by atoms with Crippen LogP contribution in [0.2, 0.25) is 0 Å². The Bertz CT molecular complexity index is 504. The van der Waals surface area contributed by atoms with Gasteiger partial charge in [0.25, 0.3) is 0 Å². The number of aromatic nitrogens is 1. The van der Waals surface area contributed by atoms with E-state index in [1.807, 2.05) is 19.9 Å². The van der Waals surface area contributed by atoms with Gasteiger partial charge in [-0.2, -0.15) is 0 Å². The molecule has 0 aliphatic heterocycles. The van der Waals surface area contributed by atoms with E-state index in [0.29, 0.717) is 11.2 Å². The van der Waals surface area contributed by atoms with Crippen LogP contribution < -0.4 is 10.1 Å². The molecule has 1 aromatic carbocycles. The van der Waals surface area contributed by atoms with Gasteiger partial charge in [-0.05, 0) is 19.9 Å². The lowest BCUT2D eigenvalue weighted by atomic mass is 9.82. The van der Waals surface area contributed by atoms with Gasteiger partial charge in [-0.1, -0.05) is 30.3 Å². The summed E-state index contributed by atoms with van der Waals surface area (Å²) in [7, 11) is -1.45. The number of aryl methyl sites for hydroxylation is 1. The van der Waals surface area contributed by atoms with Crippen molar-refractivity contribution in [2.24, 2.45) is 0 Å². The van der Waals surface area contributed by atoms with Crippen molar-refractivity contribution in [2.75, 3.05) is 0 Å². The van der Waals surface area contributed by atoms with Crippen molar-refractivity contribution in [1.82, 2.24) is 4.98 Å². The van der Waals surface area contributed by atoms with Crippen molar-refractivity contribution < 1.29 is 8.97 Å². The maximum atomic E-state index is 13.9. The van der Waals surface area contributed by atoms with Crippen molar-refractivity contribution >= 4 is 12.7 Å². The zero-order valence-corrected chi connectivity index (χ0v) is 9.85. The quantitative estimate of drug-likeness (QED) is 0.754. The second kappa shape index (κ2) is 5.00. The molecule has 0 spiro atoms. The molecule has 0 radical (unpaired) electrons. The third-order valence-corrected chi connectivity index (χ3v) is 2.70. The first kappa shape index (κ1) is 11.6. The Morgan fingerprint density at radius 1 is 1.12 bits per heavy atom. The van der Waals surface area contributed by atoms with Crippen molar-refractivity contribution in [3.8, 4) is 5.75 Å². The van der Waals surface area contributed by atoms with Crippen LogP contribution in [0.3, 0.4) is 0 Å². The number of nitrogens with zero attached hydrogens (tertiary/aromatic N) is 1. The zero-order chi connectivity index (χ0) is 12.3. The van der Waals surface area contributed by atoms with Crippen LogP contribution in [0.1, 0.15) is 11.3 Å². The Kier molecular flexibility index (Phi) is 3.42. The van der Waals surface area contributed by atoms with E-state index in [1.165, 1.54) is 0 Å². The minimum Gasteiger partial charge on any atom is -0.529 e. The molecule has 2 nitrogen and oxygen atoms in total. The molecule has 0 atom stereocenters. The summed E-state index contributed by atoms with van der Waals surface area (Å²) >= 11 is 0. The lowest BCUT2D eigenvalue weighted by Gasteiger charge is -2.11. The monoisotopic (exact) mass is 229 g/mol. The smallest absolute Gasteiger partial charge is 0.529 e. The van der Waals surface area contributed by atoms with Gasteiger partial charge >= 0.3 is 7.19 Å². The van der Waals surface area contributed by atoms with Gasteiger partial charge in [0.1, 0.15) is 5.75 Å². The second-order valence-electron chi connectivity index (χ2n) is 3.86. The fraction of sp³-hybridized carbons (Fsp3) is 0.154. The van der Waals surface area contributed by atoms with E-state index in [-0.39, 0.29) is 0 Å². The van der Waals surface area contributed by atoms with E-state index in [4.69, 9.17) is 4.65 Å². The van der Waals surface area contributed by atoms with Crippen LogP contribution in [0.5, 0.6) is 5.75 Å². The molecule has 4 heteroatoms. The molecule has 0 aliphatic carbocycles. The Labute approximate surface area is 101 Å². The average Bonchev–Trinajstić information content (AvgIpc) is 2.36. The van der Waals surface area contributed by atoms with E-state index < -0.39 is 7.19 Å². The minimum absolute atomic E-state index is 0.515. The highest BCUT2D eigenvalue weighted by Crippen LogP contribution is 2.19. The standard InChI is InChI=1S/C13H13BFNO/c1-10-11(2)16-9-8-13(10)17-14(15)12-6-4-3-5-7-12/h3-9H,1-2H3. The Balaban J connectivity index is 2.19. The van der Waals surface area contributed by atoms with Crippen molar-refractivity contribution in [1.29, 1.82) is 0 Å². The SMILES string of the molecule is Cc1nccc(OB(F)c2ccccc2)c1C. The number of hydrogen-bond acceptors (Lipinski definition) is 2. The summed E-state index contributed by atoms with van der Waals surface area (Å²) < 4.78 is 19.2. The molecule has 0 unspecified atom stereocenters. The average molecular weight is 229 g/mol. The molecule has 0 saturated heterocycles. The molecule has 2 aromatic rings. The Morgan fingerprint density at radius 3 is 2.53 bits per heavy atom. The van der Waals surface area contributed by atoms with Crippen LogP contribution >= 0.6 is 0 Å². The van der Waals surface area contributed by atoms with Crippen molar-refractivity contribution in [3.63, 3.8) is 0 Å². The van der Waals surface area contributed by atoms with Gasteiger partial charge in [-0.25, -0.2) is 0 Å². The van der Waals surface area contributed by atoms with Gasteiger partial charge in [0.05, 0.1) is 0 Å². The molecule has 1 aromatic heterocycles. The first-order valence-electron chi connectivity index (χ1n) is 5.46. The first-order chi connectivity index (χ1) is 8.18. The van der Waals surface area contributed by atoms with E-state index in [0.717, 1.165) is 11.3 Å². The third-order valence-electron chi connectivity index (χ3n) is 2.70. The molecule has 17 heavy (non-hydrogen) atoms. The summed E-state index contributed by atoms with van der Waals surface area (Å²) in [5.41, 5.74) is 2.23. The van der Waals surface area contributed by atoms with Crippen LogP contribution in [0.25, 0.3) is 0 Å². The maximum absolute atomic E-state index is 13.9. The summed E-state index contributed by atoms with van der Waals surface area (Å²) in [4.78, 5) is 4.12. The molecule has 0 N–H and O–H groups in total. The van der Waals surface area contributed by atoms with Gasteiger partial charge < -0.3 is 4.65 Å². The van der Waals surface area contributed by atoms with Gasteiger partial charge in [-0.3, -0.25) is 9.30 Å². The fourth-order valence-corrected chi connectivity index (χ4v) is 1.53. The number of rotatable bonds is 3. The molecule has 2 rings (SSSR count). The zero-order valence-electron chi connectivity index (χ0n) is 9.85. The van der Waals surface area contributed by atoms with Crippen LogP contribution in [0.15, 0.2) is 42.6 Å². The van der Waals surface area contributed by atoms with E-state index in [9.17, 15) is 4.32 Å². The van der Waals surface area contributed by atoms with Crippen LogP contribution in [-0.2, 0) is 0 Å². The molecule has 86 valence electrons. The summed E-state index contributed by atoms with van der Waals surface area (Å²) in [6.45, 7) is 3.74. The summed E-state index contributed by atoms with van der Waals surface area (Å²) in [6.07, 6.45) is 1.62. The normalized spacial score (nSPS) is 10.1. The number of hydrogen-bond donors (Lipinski definition) is 0. The Hall–Kier alpha value is -1.84. The van der Waals surface area contributed by atoms with E-state index in [2.05, 4.69) is 4.98 Å². The second-order valence-corrected chi connectivity index (χ2v) is 3.86. The summed E-state index contributed by atoms with van der Waals surface area (Å²) in [6, 6.07) is 10.5. The van der Waals surface area contributed by atoms with Crippen molar-refractivity contribution in [2.45, 2.75) is 13.8 Å². The molecular formula is C13H13BFNO. The van der Waals surface area contributed by atoms with Crippen LogP contribution in [-0.4, -0.2) is 12.2 Å². The molecule has 0 saturated carbocycles. The lowest BCUT2D eigenvalue weighted by Crippen LogP contribution is -2.32. The largest absolute Gasteiger partial charge is 0.601 e. The predicted octanol–water partition coefficient (Wildman–Crippen LogP) is 2.44. The van der Waals surface area contributed by atoms with Crippen molar-refractivity contribution in [3.05, 3.63) is 53.9 Å². The maximum Gasteiger partial charge on any atom is 0.601 e. The third kappa shape index (κ3) is 2.64. The topological polar surface area (TPSA) is 22.1 Å². The fourth-order valence-electron chi connectivity index (χ4n) is 1.53. The van der Waals surface area contributed by atoms with Gasteiger partial charge in [0.2, 0.25) is 0 Å². The van der Waals surface area contributed by atoms with E-state index >= 15 is 0 Å². The van der Waals surface area contributed by atoms with Gasteiger partial charge in [0.15, 0.2) is 0 Å². The molecule has 1 heterocycles. The highest BCUT2D eigenvalue weighted by Gasteiger charge is 2.21. The first-order valence-corrected chi connectivity index (χ1v) is 5.46. The predicted molar refractivity (Wildman–Crippen MR) is 67.3 cm³/mol. The van der Waals surface area contributed by atoms with Gasteiger partial charge in [-0.15, -0.1) is 0 Å². The number of benzene rings is 1. The van der Waals surface area contributed by atoms with E-state index in [1.54, 1.807) is 36.5 Å². The Morgan fingerprint density at radius 2 is 1.82 bits per heavy atom. The highest BCUT2D eigenvalue weighted by molar-refractivity contribution is 6.61. The summed E-state index contributed by atoms with van der Waals surface area (Å²) in [5, 5.41) is 0. The molecule has 0 fully saturated rings. The molecular weight excluding hydrogens is 216 g/mol. The number of pyridine rings is 1. The molecule has 0 aliphatic rings. The van der Waals surface area contributed by atoms with Crippen LogP contribution in [0.4, 0.5) is 4.32 Å². The lowest BCUT2D eigenvalue weighted by molar-refractivity contribution is 0.512.